The number of benzene rings is 2. The normalized spacial score (nSPS) is 14.3. The van der Waals surface area contributed by atoms with E-state index in [-0.39, 0.29) is 16.6 Å². The Bertz CT molecular complexity index is 1210. The van der Waals surface area contributed by atoms with Gasteiger partial charge in [0.15, 0.2) is 0 Å². The van der Waals surface area contributed by atoms with Gasteiger partial charge >= 0.3 is 11.8 Å². The van der Waals surface area contributed by atoms with Gasteiger partial charge < -0.3 is 9.84 Å². The summed E-state index contributed by atoms with van der Waals surface area (Å²) in [5.41, 5.74) is 3.27. The van der Waals surface area contributed by atoms with Gasteiger partial charge in [0.1, 0.15) is 0 Å². The van der Waals surface area contributed by atoms with Crippen molar-refractivity contribution in [2.45, 2.75) is 17.9 Å². The predicted octanol–water partition coefficient (Wildman–Crippen LogP) is 1.77. The SMILES string of the molecule is CN(C)S(=O)(=O)c1ccc(-c2noc(C(=O)NCCN3CCc4ccccc4C3)n2)cc1. The van der Waals surface area contributed by atoms with Crippen LogP contribution in [0.5, 0.6) is 0 Å². The topological polar surface area (TPSA) is 109 Å². The van der Waals surface area contributed by atoms with Gasteiger partial charge in [0.2, 0.25) is 15.8 Å². The number of sulfonamides is 1. The van der Waals surface area contributed by atoms with E-state index in [0.717, 1.165) is 30.4 Å². The van der Waals surface area contributed by atoms with E-state index >= 15 is 0 Å². The molecular formula is C22H25N5O4S. The quantitative estimate of drug-likeness (QED) is 0.578. The molecule has 0 atom stereocenters. The summed E-state index contributed by atoms with van der Waals surface area (Å²) in [6, 6.07) is 14.5. The lowest BCUT2D eigenvalue weighted by Crippen LogP contribution is -2.37. The minimum Gasteiger partial charge on any atom is -0.347 e. The first-order chi connectivity index (χ1) is 15.3. The number of nitrogens with zero attached hydrogens (tertiary/aromatic N) is 4. The van der Waals surface area contributed by atoms with Gasteiger partial charge in [0, 0.05) is 45.8 Å². The molecule has 2 aromatic carbocycles. The molecule has 1 aliphatic heterocycles. The average Bonchev–Trinajstić information content (AvgIpc) is 3.29. The number of hydrogen-bond donors (Lipinski definition) is 1. The lowest BCUT2D eigenvalue weighted by Gasteiger charge is -2.28. The van der Waals surface area contributed by atoms with Crippen LogP contribution in [0.15, 0.2) is 57.9 Å². The molecule has 9 nitrogen and oxygen atoms in total. The number of fused-ring (bicyclic) bond motifs is 1. The second kappa shape index (κ2) is 9.19. The zero-order chi connectivity index (χ0) is 22.7. The van der Waals surface area contributed by atoms with Crippen molar-refractivity contribution in [1.82, 2.24) is 24.7 Å². The van der Waals surface area contributed by atoms with Gasteiger partial charge in [-0.15, -0.1) is 0 Å². The monoisotopic (exact) mass is 455 g/mol. The van der Waals surface area contributed by atoms with E-state index in [1.54, 1.807) is 12.1 Å². The van der Waals surface area contributed by atoms with Crippen molar-refractivity contribution < 1.29 is 17.7 Å². The molecular weight excluding hydrogens is 430 g/mol. The fraction of sp³-hybridized carbons (Fsp3) is 0.318. The molecule has 1 N–H and O–H groups in total. The maximum Gasteiger partial charge on any atom is 0.316 e. The summed E-state index contributed by atoms with van der Waals surface area (Å²) >= 11 is 0. The van der Waals surface area contributed by atoms with Crippen LogP contribution in [0, 0.1) is 0 Å². The summed E-state index contributed by atoms with van der Waals surface area (Å²) in [7, 11) is -0.580. The summed E-state index contributed by atoms with van der Waals surface area (Å²) in [5.74, 6) is -0.349. The van der Waals surface area contributed by atoms with Crippen LogP contribution in [0.1, 0.15) is 21.8 Å². The van der Waals surface area contributed by atoms with E-state index in [1.807, 2.05) is 6.07 Å². The van der Waals surface area contributed by atoms with Crippen molar-refractivity contribution >= 4 is 15.9 Å². The Kier molecular flexibility index (Phi) is 6.35. The molecule has 0 saturated carbocycles. The molecule has 3 aromatic rings. The molecule has 0 spiro atoms. The summed E-state index contributed by atoms with van der Waals surface area (Å²) in [5, 5.41) is 6.66. The van der Waals surface area contributed by atoms with Crippen molar-refractivity contribution in [2.24, 2.45) is 0 Å². The molecule has 0 aliphatic carbocycles. The Morgan fingerprint density at radius 3 is 2.56 bits per heavy atom. The van der Waals surface area contributed by atoms with Crippen LogP contribution in [0.4, 0.5) is 0 Å². The molecule has 2 heterocycles. The molecule has 0 unspecified atom stereocenters. The molecule has 0 fully saturated rings. The van der Waals surface area contributed by atoms with Gasteiger partial charge in [-0.3, -0.25) is 9.69 Å². The highest BCUT2D eigenvalue weighted by atomic mass is 32.2. The van der Waals surface area contributed by atoms with Crippen molar-refractivity contribution in [3.8, 4) is 11.4 Å². The summed E-state index contributed by atoms with van der Waals surface area (Å²) in [6.07, 6.45) is 1.01. The number of nitrogens with one attached hydrogen (secondary N) is 1. The number of rotatable bonds is 7. The molecule has 4 rings (SSSR count). The third kappa shape index (κ3) is 4.72. The maximum atomic E-state index is 12.4. The predicted molar refractivity (Wildman–Crippen MR) is 118 cm³/mol. The number of carbonyl (C=O) groups excluding carboxylic acids is 1. The molecule has 0 saturated heterocycles. The Morgan fingerprint density at radius 1 is 1.12 bits per heavy atom. The average molecular weight is 456 g/mol. The molecule has 168 valence electrons. The first-order valence-electron chi connectivity index (χ1n) is 10.3. The Hall–Kier alpha value is -3.08. The highest BCUT2D eigenvalue weighted by Crippen LogP contribution is 2.20. The van der Waals surface area contributed by atoms with E-state index in [4.69, 9.17) is 4.52 Å². The minimum absolute atomic E-state index is 0.131. The highest BCUT2D eigenvalue weighted by molar-refractivity contribution is 7.89. The first kappa shape index (κ1) is 22.1. The Morgan fingerprint density at radius 2 is 1.84 bits per heavy atom. The van der Waals surface area contributed by atoms with Gasteiger partial charge in [-0.25, -0.2) is 12.7 Å². The summed E-state index contributed by atoms with van der Waals surface area (Å²) < 4.78 is 30.6. The van der Waals surface area contributed by atoms with Gasteiger partial charge in [-0.05, 0) is 41.8 Å². The van der Waals surface area contributed by atoms with E-state index in [2.05, 4.69) is 38.6 Å². The van der Waals surface area contributed by atoms with Crippen molar-refractivity contribution in [3.63, 3.8) is 0 Å². The fourth-order valence-corrected chi connectivity index (χ4v) is 4.47. The maximum absolute atomic E-state index is 12.4. The number of amides is 1. The Labute approximate surface area is 187 Å². The first-order valence-corrected chi connectivity index (χ1v) is 11.7. The second-order valence-corrected chi connectivity index (χ2v) is 9.94. The number of aromatic nitrogens is 2. The molecule has 0 radical (unpaired) electrons. The third-order valence-corrected chi connectivity index (χ3v) is 7.26. The largest absolute Gasteiger partial charge is 0.347 e. The second-order valence-electron chi connectivity index (χ2n) is 7.79. The molecule has 1 aliphatic rings. The summed E-state index contributed by atoms with van der Waals surface area (Å²) in [4.78, 5) is 19.0. The van der Waals surface area contributed by atoms with Gasteiger partial charge in [0.05, 0.1) is 4.90 Å². The van der Waals surface area contributed by atoms with Crippen LogP contribution in [-0.2, 0) is 23.0 Å². The van der Waals surface area contributed by atoms with E-state index in [1.165, 1.54) is 37.4 Å². The van der Waals surface area contributed by atoms with Crippen LogP contribution in [0.3, 0.4) is 0 Å². The van der Waals surface area contributed by atoms with Crippen molar-refractivity contribution in [3.05, 3.63) is 65.5 Å². The lowest BCUT2D eigenvalue weighted by molar-refractivity contribution is 0.0903. The zero-order valence-electron chi connectivity index (χ0n) is 18.0. The van der Waals surface area contributed by atoms with Crippen molar-refractivity contribution in [1.29, 1.82) is 0 Å². The molecule has 10 heteroatoms. The van der Waals surface area contributed by atoms with Crippen LogP contribution in [0.2, 0.25) is 0 Å². The molecule has 32 heavy (non-hydrogen) atoms. The zero-order valence-corrected chi connectivity index (χ0v) is 18.8. The smallest absolute Gasteiger partial charge is 0.316 e. The van der Waals surface area contributed by atoms with Gasteiger partial charge in [0.25, 0.3) is 0 Å². The van der Waals surface area contributed by atoms with Crippen molar-refractivity contribution in [2.75, 3.05) is 33.7 Å². The van der Waals surface area contributed by atoms with Crippen LogP contribution in [-0.4, -0.2) is 67.4 Å². The molecule has 1 aromatic heterocycles. The fourth-order valence-electron chi connectivity index (χ4n) is 3.57. The minimum atomic E-state index is -3.52. The third-order valence-electron chi connectivity index (χ3n) is 5.43. The summed E-state index contributed by atoms with van der Waals surface area (Å²) in [6.45, 7) is 3.02. The van der Waals surface area contributed by atoms with Crippen LogP contribution >= 0.6 is 0 Å². The highest BCUT2D eigenvalue weighted by Gasteiger charge is 2.20. The lowest BCUT2D eigenvalue weighted by atomic mass is 10.00. The number of carbonyl (C=O) groups is 1. The van der Waals surface area contributed by atoms with E-state index < -0.39 is 15.9 Å². The van der Waals surface area contributed by atoms with Gasteiger partial charge in [-0.1, -0.05) is 29.4 Å². The van der Waals surface area contributed by atoms with Gasteiger partial charge in [-0.2, -0.15) is 4.98 Å². The Balaban J connectivity index is 1.32. The van der Waals surface area contributed by atoms with E-state index in [0.29, 0.717) is 12.1 Å². The standard InChI is InChI=1S/C22H25N5O4S/c1-26(2)32(29,30)19-9-7-17(8-10-19)20-24-22(31-25-20)21(28)23-12-14-27-13-11-16-5-3-4-6-18(16)15-27/h3-10H,11-15H2,1-2H3,(H,23,28). The molecule has 0 bridgehead atoms. The van der Waals surface area contributed by atoms with Crippen LogP contribution in [0.25, 0.3) is 11.4 Å². The van der Waals surface area contributed by atoms with Crippen LogP contribution < -0.4 is 5.32 Å². The molecule has 1 amide bonds. The van der Waals surface area contributed by atoms with E-state index in [9.17, 15) is 13.2 Å². The number of hydrogen-bond acceptors (Lipinski definition) is 7.